The molecule has 21 heavy (non-hydrogen) atoms. The number of esters is 1. The summed E-state index contributed by atoms with van der Waals surface area (Å²) < 4.78 is 31.2. The zero-order valence-electron chi connectivity index (χ0n) is 10.9. The Balaban J connectivity index is 2.14. The standard InChI is InChI=1S/C13H10F2N2O3S/c1-2-20-13(19)12-17-10(6-21-12)11(18)16-9-5-7(14)3-4-8(9)15/h3-6H,2H2,1H3,(H,16,18). The first-order valence-electron chi connectivity index (χ1n) is 5.90. The number of benzene rings is 1. The monoisotopic (exact) mass is 312 g/mol. The van der Waals surface area contributed by atoms with Crippen molar-refractivity contribution in [3.63, 3.8) is 0 Å². The lowest BCUT2D eigenvalue weighted by molar-refractivity contribution is 0.0526. The van der Waals surface area contributed by atoms with Crippen molar-refractivity contribution in [3.8, 4) is 0 Å². The third kappa shape index (κ3) is 3.60. The maximum atomic E-state index is 13.4. The largest absolute Gasteiger partial charge is 0.461 e. The summed E-state index contributed by atoms with van der Waals surface area (Å²) in [5, 5.41) is 3.54. The van der Waals surface area contributed by atoms with Crippen LogP contribution in [0.15, 0.2) is 23.6 Å². The van der Waals surface area contributed by atoms with E-state index in [0.717, 1.165) is 29.5 Å². The number of nitrogens with zero attached hydrogens (tertiary/aromatic N) is 1. The lowest BCUT2D eigenvalue weighted by Gasteiger charge is -2.04. The third-order valence-corrected chi connectivity index (χ3v) is 3.19. The first kappa shape index (κ1) is 15.0. The molecule has 0 bridgehead atoms. The van der Waals surface area contributed by atoms with E-state index in [1.807, 2.05) is 0 Å². The van der Waals surface area contributed by atoms with Gasteiger partial charge in [0.2, 0.25) is 5.01 Å². The quantitative estimate of drug-likeness (QED) is 0.882. The molecular formula is C13H10F2N2O3S. The number of aromatic nitrogens is 1. The molecule has 0 aliphatic carbocycles. The van der Waals surface area contributed by atoms with Gasteiger partial charge >= 0.3 is 5.97 Å². The number of ether oxygens (including phenoxy) is 1. The van der Waals surface area contributed by atoms with Gasteiger partial charge < -0.3 is 10.1 Å². The lowest BCUT2D eigenvalue weighted by Crippen LogP contribution is -2.14. The smallest absolute Gasteiger partial charge is 0.367 e. The molecule has 1 heterocycles. The molecule has 2 aromatic rings. The number of amides is 1. The minimum atomic E-state index is -0.773. The number of hydrogen-bond acceptors (Lipinski definition) is 5. The van der Waals surface area contributed by atoms with Crippen LogP contribution < -0.4 is 5.32 Å². The molecule has 1 aromatic heterocycles. The van der Waals surface area contributed by atoms with E-state index in [1.165, 1.54) is 5.38 Å². The Hall–Kier alpha value is -2.35. The van der Waals surface area contributed by atoms with Crippen LogP contribution >= 0.6 is 11.3 Å². The van der Waals surface area contributed by atoms with Crippen LogP contribution in [-0.2, 0) is 4.74 Å². The molecule has 1 amide bonds. The van der Waals surface area contributed by atoms with E-state index in [-0.39, 0.29) is 23.0 Å². The molecule has 0 atom stereocenters. The van der Waals surface area contributed by atoms with Crippen molar-refractivity contribution in [1.82, 2.24) is 4.98 Å². The highest BCUT2D eigenvalue weighted by molar-refractivity contribution is 7.11. The van der Waals surface area contributed by atoms with E-state index in [1.54, 1.807) is 6.92 Å². The number of rotatable bonds is 4. The number of halogens is 2. The van der Waals surface area contributed by atoms with Crippen LogP contribution in [0, 0.1) is 11.6 Å². The summed E-state index contributed by atoms with van der Waals surface area (Å²) in [6.07, 6.45) is 0. The molecule has 8 heteroatoms. The summed E-state index contributed by atoms with van der Waals surface area (Å²) in [7, 11) is 0. The molecule has 0 fully saturated rings. The number of thiazole rings is 1. The molecule has 1 aromatic carbocycles. The Kier molecular flexibility index (Phi) is 4.59. The van der Waals surface area contributed by atoms with Crippen LogP contribution in [0.25, 0.3) is 0 Å². The minimum absolute atomic E-state index is 0.0155. The van der Waals surface area contributed by atoms with Crippen molar-refractivity contribution in [3.05, 3.63) is 45.9 Å². The van der Waals surface area contributed by atoms with Gasteiger partial charge in [0.05, 0.1) is 12.3 Å². The average Bonchev–Trinajstić information content (AvgIpc) is 2.93. The predicted octanol–water partition coefficient (Wildman–Crippen LogP) is 2.85. The fourth-order valence-corrected chi connectivity index (χ4v) is 2.13. The second-order valence-electron chi connectivity index (χ2n) is 3.84. The Morgan fingerprint density at radius 3 is 2.86 bits per heavy atom. The van der Waals surface area contributed by atoms with Crippen molar-refractivity contribution in [2.24, 2.45) is 0 Å². The van der Waals surface area contributed by atoms with Gasteiger partial charge in [-0.1, -0.05) is 0 Å². The Bertz CT molecular complexity index is 688. The minimum Gasteiger partial charge on any atom is -0.461 e. The summed E-state index contributed by atoms with van der Waals surface area (Å²) in [6.45, 7) is 1.83. The molecule has 1 N–H and O–H groups in total. The molecule has 110 valence electrons. The molecule has 0 aliphatic rings. The molecular weight excluding hydrogens is 302 g/mol. The average molecular weight is 312 g/mol. The van der Waals surface area contributed by atoms with E-state index in [0.29, 0.717) is 0 Å². The second kappa shape index (κ2) is 6.40. The Morgan fingerprint density at radius 1 is 1.38 bits per heavy atom. The van der Waals surface area contributed by atoms with Crippen LogP contribution in [0.4, 0.5) is 14.5 Å². The van der Waals surface area contributed by atoms with Crippen LogP contribution in [0.5, 0.6) is 0 Å². The molecule has 5 nitrogen and oxygen atoms in total. The maximum absolute atomic E-state index is 13.4. The SMILES string of the molecule is CCOC(=O)c1nc(C(=O)Nc2cc(F)ccc2F)cs1. The number of carbonyl (C=O) groups is 2. The highest BCUT2D eigenvalue weighted by atomic mass is 32.1. The van der Waals surface area contributed by atoms with Gasteiger partial charge in [0.15, 0.2) is 0 Å². The third-order valence-electron chi connectivity index (χ3n) is 2.36. The summed E-state index contributed by atoms with van der Waals surface area (Å²) in [5.74, 6) is -2.84. The van der Waals surface area contributed by atoms with Crippen molar-refractivity contribution >= 4 is 28.9 Å². The first-order chi connectivity index (χ1) is 10.0. The molecule has 0 spiro atoms. The molecule has 0 saturated carbocycles. The van der Waals surface area contributed by atoms with Crippen LogP contribution in [0.3, 0.4) is 0 Å². The fraction of sp³-hybridized carbons (Fsp3) is 0.154. The topological polar surface area (TPSA) is 68.3 Å². The van der Waals surface area contributed by atoms with Gasteiger partial charge in [-0.25, -0.2) is 18.6 Å². The highest BCUT2D eigenvalue weighted by Crippen LogP contribution is 2.17. The number of nitrogens with one attached hydrogen (secondary N) is 1. The lowest BCUT2D eigenvalue weighted by atomic mass is 10.3. The zero-order chi connectivity index (χ0) is 15.4. The van der Waals surface area contributed by atoms with Gasteiger partial charge in [-0.15, -0.1) is 11.3 Å². The van der Waals surface area contributed by atoms with Crippen LogP contribution in [0.2, 0.25) is 0 Å². The van der Waals surface area contributed by atoms with Gasteiger partial charge in [-0.05, 0) is 19.1 Å². The molecule has 0 radical (unpaired) electrons. The number of anilines is 1. The van der Waals surface area contributed by atoms with E-state index < -0.39 is 23.5 Å². The number of hydrogen-bond donors (Lipinski definition) is 1. The Labute approximate surface area is 122 Å². The van der Waals surface area contributed by atoms with Gasteiger partial charge in [-0.2, -0.15) is 0 Å². The summed E-state index contributed by atoms with van der Waals surface area (Å²) in [5.41, 5.74) is -0.377. The summed E-state index contributed by atoms with van der Waals surface area (Å²) in [4.78, 5) is 27.1. The predicted molar refractivity (Wildman–Crippen MR) is 72.4 cm³/mol. The summed E-state index contributed by atoms with van der Waals surface area (Å²) >= 11 is 0.930. The van der Waals surface area contributed by atoms with Crippen molar-refractivity contribution in [1.29, 1.82) is 0 Å². The second-order valence-corrected chi connectivity index (χ2v) is 4.69. The highest BCUT2D eigenvalue weighted by Gasteiger charge is 2.17. The van der Waals surface area contributed by atoms with Crippen molar-refractivity contribution < 1.29 is 23.1 Å². The van der Waals surface area contributed by atoms with Gasteiger partial charge in [-0.3, -0.25) is 4.79 Å². The number of carbonyl (C=O) groups excluding carboxylic acids is 2. The summed E-state index contributed by atoms with van der Waals surface area (Å²) in [6, 6.07) is 2.69. The van der Waals surface area contributed by atoms with Gasteiger partial charge in [0.25, 0.3) is 5.91 Å². The molecule has 2 rings (SSSR count). The molecule has 0 aliphatic heterocycles. The van der Waals surface area contributed by atoms with Crippen molar-refractivity contribution in [2.75, 3.05) is 11.9 Å². The maximum Gasteiger partial charge on any atom is 0.367 e. The zero-order valence-corrected chi connectivity index (χ0v) is 11.7. The Morgan fingerprint density at radius 2 is 2.14 bits per heavy atom. The fourth-order valence-electron chi connectivity index (χ4n) is 1.44. The molecule has 0 saturated heterocycles. The van der Waals surface area contributed by atoms with Gasteiger partial charge in [0.1, 0.15) is 17.3 Å². The normalized spacial score (nSPS) is 10.2. The van der Waals surface area contributed by atoms with E-state index >= 15 is 0 Å². The first-order valence-corrected chi connectivity index (χ1v) is 6.78. The van der Waals surface area contributed by atoms with Crippen LogP contribution in [0.1, 0.15) is 27.2 Å². The van der Waals surface area contributed by atoms with Crippen molar-refractivity contribution in [2.45, 2.75) is 6.92 Å². The van der Waals surface area contributed by atoms with E-state index in [9.17, 15) is 18.4 Å². The molecule has 0 unspecified atom stereocenters. The van der Waals surface area contributed by atoms with E-state index in [4.69, 9.17) is 4.74 Å². The van der Waals surface area contributed by atoms with E-state index in [2.05, 4.69) is 10.3 Å². The van der Waals surface area contributed by atoms with Gasteiger partial charge in [0, 0.05) is 11.4 Å². The van der Waals surface area contributed by atoms with Crippen LogP contribution in [-0.4, -0.2) is 23.5 Å².